The van der Waals surface area contributed by atoms with Gasteiger partial charge in [0.2, 0.25) is 5.82 Å². The van der Waals surface area contributed by atoms with Gasteiger partial charge in [0.05, 0.1) is 24.1 Å². The van der Waals surface area contributed by atoms with Crippen molar-refractivity contribution in [3.05, 3.63) is 46.2 Å². The van der Waals surface area contributed by atoms with Crippen molar-refractivity contribution >= 4 is 17.5 Å². The summed E-state index contributed by atoms with van der Waals surface area (Å²) in [4.78, 5) is 29.2. The van der Waals surface area contributed by atoms with Crippen LogP contribution in [0.3, 0.4) is 0 Å². The first-order chi connectivity index (χ1) is 10.9. The van der Waals surface area contributed by atoms with Crippen LogP contribution in [-0.4, -0.2) is 32.5 Å². The maximum Gasteiger partial charge on any atom is 0.339 e. The minimum Gasteiger partial charge on any atom is -0.465 e. The molecule has 2 aromatic rings. The lowest BCUT2D eigenvalue weighted by Crippen LogP contribution is -2.12. The third-order valence-electron chi connectivity index (χ3n) is 2.86. The van der Waals surface area contributed by atoms with Crippen LogP contribution in [0, 0.1) is 10.1 Å². The first-order valence-electron chi connectivity index (χ1n) is 6.20. The van der Waals surface area contributed by atoms with Gasteiger partial charge in [0.1, 0.15) is 5.82 Å². The molecule has 1 N–H and O–H groups in total. The van der Waals surface area contributed by atoms with Crippen LogP contribution in [-0.2, 0) is 11.3 Å². The lowest BCUT2D eigenvalue weighted by atomic mass is 10.2. The number of imidazole rings is 1. The molecule has 0 aliphatic heterocycles. The number of pyridine rings is 1. The summed E-state index contributed by atoms with van der Waals surface area (Å²) in [5, 5.41) is 13.6. The minimum absolute atomic E-state index is 0.0202. The summed E-state index contributed by atoms with van der Waals surface area (Å²) >= 11 is 0. The Morgan fingerprint density at radius 3 is 2.87 bits per heavy atom. The molecule has 0 atom stereocenters. The quantitative estimate of drug-likeness (QED) is 0.490. The van der Waals surface area contributed by atoms with Crippen molar-refractivity contribution in [2.24, 2.45) is 0 Å². The number of halogens is 2. The molecular weight excluding hydrogens is 316 g/mol. The second kappa shape index (κ2) is 6.77. The Hall–Kier alpha value is -3.11. The maximum absolute atomic E-state index is 12.7. The van der Waals surface area contributed by atoms with Crippen molar-refractivity contribution in [3.8, 4) is 0 Å². The van der Waals surface area contributed by atoms with E-state index >= 15 is 0 Å². The highest BCUT2D eigenvalue weighted by Crippen LogP contribution is 2.24. The molecule has 23 heavy (non-hydrogen) atoms. The second-order valence-corrected chi connectivity index (χ2v) is 4.22. The number of nitrogens with one attached hydrogen (secondary N) is 1. The fourth-order valence-corrected chi connectivity index (χ4v) is 1.78. The first kappa shape index (κ1) is 16.3. The molecule has 0 aliphatic carbocycles. The van der Waals surface area contributed by atoms with Gasteiger partial charge in [0, 0.05) is 24.7 Å². The fraction of sp³-hybridized carbons (Fsp3) is 0.250. The molecule has 2 aromatic heterocycles. The third kappa shape index (κ3) is 3.56. The van der Waals surface area contributed by atoms with Gasteiger partial charge in [-0.3, -0.25) is 14.7 Å². The standard InChI is InChI=1S/C12H11F2N5O4/c1-23-11(20)7-4-8(19(21)22)10(16-5-7)17-6-9-15-2-3-18(9)12(13)14/h2-5,12H,6H2,1H3,(H,16,17). The number of rotatable bonds is 6. The molecule has 0 saturated heterocycles. The average Bonchev–Trinajstić information content (AvgIpc) is 3.00. The van der Waals surface area contributed by atoms with E-state index < -0.39 is 23.1 Å². The van der Waals surface area contributed by atoms with Crippen molar-refractivity contribution in [3.63, 3.8) is 0 Å². The van der Waals surface area contributed by atoms with E-state index in [4.69, 9.17) is 0 Å². The van der Waals surface area contributed by atoms with E-state index in [2.05, 4.69) is 20.0 Å². The van der Waals surface area contributed by atoms with Crippen LogP contribution in [0.1, 0.15) is 22.7 Å². The molecule has 0 saturated carbocycles. The molecule has 0 unspecified atom stereocenters. The number of esters is 1. The number of ether oxygens (including phenoxy) is 1. The van der Waals surface area contributed by atoms with E-state index in [0.29, 0.717) is 4.57 Å². The van der Waals surface area contributed by atoms with Crippen molar-refractivity contribution in [1.82, 2.24) is 14.5 Å². The molecule has 0 radical (unpaired) electrons. The number of carbonyl (C=O) groups is 1. The van der Waals surface area contributed by atoms with Crippen LogP contribution in [0.5, 0.6) is 0 Å². The van der Waals surface area contributed by atoms with Gasteiger partial charge in [-0.15, -0.1) is 0 Å². The van der Waals surface area contributed by atoms with Gasteiger partial charge < -0.3 is 10.1 Å². The molecule has 0 aromatic carbocycles. The Kier molecular flexibility index (Phi) is 4.79. The van der Waals surface area contributed by atoms with Crippen molar-refractivity contribution in [1.29, 1.82) is 0 Å². The van der Waals surface area contributed by atoms with Gasteiger partial charge >= 0.3 is 18.2 Å². The van der Waals surface area contributed by atoms with E-state index in [1.54, 1.807) is 0 Å². The van der Waals surface area contributed by atoms with Gasteiger partial charge in [-0.2, -0.15) is 8.78 Å². The predicted molar refractivity (Wildman–Crippen MR) is 73.0 cm³/mol. The molecular formula is C12H11F2N5O4. The van der Waals surface area contributed by atoms with Gasteiger partial charge in [-0.1, -0.05) is 0 Å². The number of hydrogen-bond acceptors (Lipinski definition) is 7. The zero-order valence-corrected chi connectivity index (χ0v) is 11.8. The molecule has 2 heterocycles. The highest BCUT2D eigenvalue weighted by Gasteiger charge is 2.20. The number of methoxy groups -OCH3 is 1. The smallest absolute Gasteiger partial charge is 0.339 e. The zero-order chi connectivity index (χ0) is 17.0. The topological polar surface area (TPSA) is 112 Å². The monoisotopic (exact) mass is 327 g/mol. The minimum atomic E-state index is -2.78. The lowest BCUT2D eigenvalue weighted by molar-refractivity contribution is -0.384. The van der Waals surface area contributed by atoms with Crippen molar-refractivity contribution in [2.75, 3.05) is 12.4 Å². The van der Waals surface area contributed by atoms with Gasteiger partial charge in [-0.25, -0.2) is 14.8 Å². The number of anilines is 1. The predicted octanol–water partition coefficient (Wildman–Crippen LogP) is 1.98. The van der Waals surface area contributed by atoms with Crippen molar-refractivity contribution in [2.45, 2.75) is 13.1 Å². The number of alkyl halides is 2. The largest absolute Gasteiger partial charge is 0.465 e. The van der Waals surface area contributed by atoms with Crippen LogP contribution in [0.4, 0.5) is 20.3 Å². The highest BCUT2D eigenvalue weighted by molar-refractivity contribution is 5.90. The Morgan fingerprint density at radius 1 is 1.52 bits per heavy atom. The average molecular weight is 327 g/mol. The number of nitro groups is 1. The molecule has 122 valence electrons. The third-order valence-corrected chi connectivity index (χ3v) is 2.86. The van der Waals surface area contributed by atoms with E-state index in [1.807, 2.05) is 0 Å². The summed E-state index contributed by atoms with van der Waals surface area (Å²) in [5.74, 6) is -0.972. The number of hydrogen-bond donors (Lipinski definition) is 1. The molecule has 11 heteroatoms. The molecule has 0 amide bonds. The zero-order valence-electron chi connectivity index (χ0n) is 11.8. The van der Waals surface area contributed by atoms with E-state index in [-0.39, 0.29) is 23.8 Å². The summed E-state index contributed by atoms with van der Waals surface area (Å²) in [6, 6.07) is 0.987. The fourth-order valence-electron chi connectivity index (χ4n) is 1.78. The number of aromatic nitrogens is 3. The molecule has 0 bridgehead atoms. The highest BCUT2D eigenvalue weighted by atomic mass is 19.3. The normalized spacial score (nSPS) is 10.6. The van der Waals surface area contributed by atoms with Crippen LogP contribution < -0.4 is 5.32 Å². The first-order valence-corrected chi connectivity index (χ1v) is 6.20. The molecule has 2 rings (SSSR count). The number of nitrogens with zero attached hydrogens (tertiary/aromatic N) is 4. The van der Waals surface area contributed by atoms with Crippen LogP contribution in [0.2, 0.25) is 0 Å². The lowest BCUT2D eigenvalue weighted by Gasteiger charge is -2.09. The van der Waals surface area contributed by atoms with Gasteiger partial charge in [0.15, 0.2) is 0 Å². The molecule has 9 nitrogen and oxygen atoms in total. The van der Waals surface area contributed by atoms with Crippen LogP contribution >= 0.6 is 0 Å². The van der Waals surface area contributed by atoms with E-state index in [0.717, 1.165) is 25.6 Å². The maximum atomic E-state index is 12.7. The number of carbonyl (C=O) groups excluding carboxylic acids is 1. The Balaban J connectivity index is 2.24. The van der Waals surface area contributed by atoms with E-state index in [9.17, 15) is 23.7 Å². The molecule has 0 aliphatic rings. The van der Waals surface area contributed by atoms with Gasteiger partial charge in [-0.05, 0) is 0 Å². The SMILES string of the molecule is COC(=O)c1cnc(NCc2nccn2C(F)F)c([N+](=O)[O-])c1. The molecule has 0 fully saturated rings. The summed E-state index contributed by atoms with van der Waals surface area (Å²) in [6.45, 7) is -2.98. The van der Waals surface area contributed by atoms with Crippen molar-refractivity contribution < 1.29 is 23.2 Å². The summed E-state index contributed by atoms with van der Waals surface area (Å²) < 4.78 is 30.5. The van der Waals surface area contributed by atoms with E-state index in [1.165, 1.54) is 6.20 Å². The summed E-state index contributed by atoms with van der Waals surface area (Å²) in [6.07, 6.45) is 3.36. The second-order valence-electron chi connectivity index (χ2n) is 4.22. The van der Waals surface area contributed by atoms with Gasteiger partial charge in [0.25, 0.3) is 0 Å². The Morgan fingerprint density at radius 2 is 2.26 bits per heavy atom. The summed E-state index contributed by atoms with van der Waals surface area (Å²) in [5.41, 5.74) is -0.582. The van der Waals surface area contributed by atoms with Crippen LogP contribution in [0.25, 0.3) is 0 Å². The summed E-state index contributed by atoms with van der Waals surface area (Å²) in [7, 11) is 1.13. The molecule has 0 spiro atoms. The Labute approximate surface area is 128 Å². The van der Waals surface area contributed by atoms with Crippen LogP contribution in [0.15, 0.2) is 24.7 Å². The Bertz CT molecular complexity index is 734.